The van der Waals surface area contributed by atoms with Crippen LogP contribution in [-0.2, 0) is 5.41 Å². The topological polar surface area (TPSA) is 29.1 Å². The molecule has 1 fully saturated rings. The first-order valence-corrected chi connectivity index (χ1v) is 6.77. The highest BCUT2D eigenvalue weighted by molar-refractivity contribution is 5.98. The summed E-state index contributed by atoms with van der Waals surface area (Å²) >= 11 is 0. The Hall–Kier alpha value is -2.09. The molecule has 1 atom stereocenters. The molecular weight excluding hydrogens is 234 g/mol. The van der Waals surface area contributed by atoms with Crippen molar-refractivity contribution in [3.05, 3.63) is 71.3 Å². The smallest absolute Gasteiger partial charge is 0.252 e. The van der Waals surface area contributed by atoms with E-state index in [4.69, 9.17) is 0 Å². The van der Waals surface area contributed by atoms with Gasteiger partial charge in [0.05, 0.1) is 6.04 Å². The minimum atomic E-state index is 0.0574. The highest BCUT2D eigenvalue weighted by Gasteiger charge is 2.55. The maximum absolute atomic E-state index is 12.3. The van der Waals surface area contributed by atoms with E-state index in [-0.39, 0.29) is 17.4 Å². The van der Waals surface area contributed by atoms with Gasteiger partial charge in [-0.25, -0.2) is 0 Å². The van der Waals surface area contributed by atoms with Crippen molar-refractivity contribution in [2.24, 2.45) is 0 Å². The van der Waals surface area contributed by atoms with Crippen molar-refractivity contribution in [2.75, 3.05) is 0 Å². The lowest BCUT2D eigenvalue weighted by Gasteiger charge is -2.34. The van der Waals surface area contributed by atoms with Crippen LogP contribution < -0.4 is 5.32 Å². The first kappa shape index (κ1) is 10.8. The number of rotatable bonds is 1. The van der Waals surface area contributed by atoms with Crippen molar-refractivity contribution in [2.45, 2.75) is 24.3 Å². The second-order valence-electron chi connectivity index (χ2n) is 5.52. The van der Waals surface area contributed by atoms with Gasteiger partial charge in [0.25, 0.3) is 5.91 Å². The van der Waals surface area contributed by atoms with Gasteiger partial charge in [0.2, 0.25) is 0 Å². The van der Waals surface area contributed by atoms with Gasteiger partial charge in [-0.1, -0.05) is 48.5 Å². The number of hydrogen-bond donors (Lipinski definition) is 1. The van der Waals surface area contributed by atoms with Crippen LogP contribution in [0.2, 0.25) is 0 Å². The van der Waals surface area contributed by atoms with E-state index in [1.165, 1.54) is 11.1 Å². The zero-order valence-electron chi connectivity index (χ0n) is 10.6. The predicted molar refractivity (Wildman–Crippen MR) is 74.0 cm³/mol. The Bertz CT molecular complexity index is 643. The van der Waals surface area contributed by atoms with Gasteiger partial charge >= 0.3 is 0 Å². The largest absolute Gasteiger partial charge is 0.344 e. The number of carbonyl (C=O) groups is 1. The monoisotopic (exact) mass is 249 g/mol. The second-order valence-corrected chi connectivity index (χ2v) is 5.52. The Labute approximate surface area is 112 Å². The SMILES string of the molecule is O=C1N[C@@H](c2ccccc2)C2(CC2)c2ccccc21. The summed E-state index contributed by atoms with van der Waals surface area (Å²) in [6.45, 7) is 0. The number of amides is 1. The molecule has 1 amide bonds. The number of hydrogen-bond acceptors (Lipinski definition) is 1. The molecule has 0 unspecified atom stereocenters. The van der Waals surface area contributed by atoms with Gasteiger partial charge in [0, 0.05) is 11.0 Å². The molecule has 1 N–H and O–H groups in total. The molecule has 0 aromatic heterocycles. The van der Waals surface area contributed by atoms with E-state index in [2.05, 4.69) is 23.5 Å². The van der Waals surface area contributed by atoms with Crippen LogP contribution in [0.5, 0.6) is 0 Å². The lowest BCUT2D eigenvalue weighted by molar-refractivity contribution is 0.0909. The zero-order valence-corrected chi connectivity index (χ0v) is 10.6. The molecule has 1 saturated carbocycles. The van der Waals surface area contributed by atoms with Crippen molar-refractivity contribution < 1.29 is 4.79 Å². The van der Waals surface area contributed by atoms with E-state index in [1.54, 1.807) is 0 Å². The molecule has 2 heteroatoms. The molecule has 94 valence electrons. The average Bonchev–Trinajstić information content (AvgIpc) is 3.26. The Kier molecular flexibility index (Phi) is 2.10. The first-order valence-electron chi connectivity index (χ1n) is 6.77. The maximum atomic E-state index is 12.3. The molecule has 2 nitrogen and oxygen atoms in total. The molecule has 19 heavy (non-hydrogen) atoms. The Balaban J connectivity index is 1.87. The van der Waals surface area contributed by atoms with Crippen LogP contribution in [0.3, 0.4) is 0 Å². The van der Waals surface area contributed by atoms with Crippen molar-refractivity contribution in [1.82, 2.24) is 5.32 Å². The van der Waals surface area contributed by atoms with Crippen LogP contribution in [0, 0.1) is 0 Å². The summed E-state index contributed by atoms with van der Waals surface area (Å²) in [7, 11) is 0. The number of fused-ring (bicyclic) bond motifs is 2. The van der Waals surface area contributed by atoms with E-state index >= 15 is 0 Å². The van der Waals surface area contributed by atoms with E-state index in [9.17, 15) is 4.79 Å². The Morgan fingerprint density at radius 2 is 1.63 bits per heavy atom. The molecule has 0 radical (unpaired) electrons. The van der Waals surface area contributed by atoms with Gasteiger partial charge in [0.15, 0.2) is 0 Å². The highest BCUT2D eigenvalue weighted by atomic mass is 16.1. The molecule has 1 heterocycles. The van der Waals surface area contributed by atoms with E-state index < -0.39 is 0 Å². The summed E-state index contributed by atoms with van der Waals surface area (Å²) in [6, 6.07) is 18.5. The second kappa shape index (κ2) is 3.70. The van der Waals surface area contributed by atoms with Gasteiger partial charge in [-0.2, -0.15) is 0 Å². The summed E-state index contributed by atoms with van der Waals surface area (Å²) in [4.78, 5) is 12.3. The molecule has 2 aromatic carbocycles. The van der Waals surface area contributed by atoms with Crippen LogP contribution in [-0.4, -0.2) is 5.91 Å². The van der Waals surface area contributed by atoms with Gasteiger partial charge in [-0.05, 0) is 30.0 Å². The van der Waals surface area contributed by atoms with Crippen LogP contribution in [0.1, 0.15) is 40.4 Å². The van der Waals surface area contributed by atoms with Crippen molar-refractivity contribution in [3.8, 4) is 0 Å². The third-order valence-electron chi connectivity index (χ3n) is 4.46. The summed E-state index contributed by atoms with van der Waals surface area (Å²) in [5.74, 6) is 0.0574. The molecular formula is C17H15NO. The Morgan fingerprint density at radius 1 is 0.947 bits per heavy atom. The molecule has 0 saturated heterocycles. The molecule has 1 aliphatic heterocycles. The van der Waals surface area contributed by atoms with Gasteiger partial charge in [-0.15, -0.1) is 0 Å². The van der Waals surface area contributed by atoms with E-state index in [1.807, 2.05) is 36.4 Å². The molecule has 1 spiro atoms. The fourth-order valence-corrected chi connectivity index (χ4v) is 3.36. The first-order chi connectivity index (χ1) is 9.31. The third kappa shape index (κ3) is 1.46. The van der Waals surface area contributed by atoms with Gasteiger partial charge < -0.3 is 5.32 Å². The third-order valence-corrected chi connectivity index (χ3v) is 4.46. The molecule has 1 aliphatic carbocycles. The lowest BCUT2D eigenvalue weighted by Crippen LogP contribution is -2.42. The molecule has 0 bridgehead atoms. The predicted octanol–water partition coefficient (Wildman–Crippen LogP) is 3.20. The minimum absolute atomic E-state index is 0.0574. The maximum Gasteiger partial charge on any atom is 0.252 e. The number of nitrogens with one attached hydrogen (secondary N) is 1. The van der Waals surface area contributed by atoms with Crippen LogP contribution >= 0.6 is 0 Å². The standard InChI is InChI=1S/C17H15NO/c19-16-13-8-4-5-9-14(13)17(10-11-17)15(18-16)12-6-2-1-3-7-12/h1-9,15H,10-11H2,(H,18,19)/t15-/m0/s1. The van der Waals surface area contributed by atoms with Gasteiger partial charge in [-0.3, -0.25) is 4.79 Å². The summed E-state index contributed by atoms with van der Waals surface area (Å²) in [6.07, 6.45) is 2.31. The van der Waals surface area contributed by atoms with E-state index in [0.717, 1.165) is 18.4 Å². The summed E-state index contributed by atoms with van der Waals surface area (Å²) < 4.78 is 0. The zero-order chi connectivity index (χ0) is 12.9. The molecule has 2 aromatic rings. The van der Waals surface area contributed by atoms with Crippen molar-refractivity contribution >= 4 is 5.91 Å². The lowest BCUT2D eigenvalue weighted by atomic mass is 9.78. The van der Waals surface area contributed by atoms with E-state index in [0.29, 0.717) is 0 Å². The van der Waals surface area contributed by atoms with Crippen molar-refractivity contribution in [3.63, 3.8) is 0 Å². The molecule has 2 aliphatic rings. The quantitative estimate of drug-likeness (QED) is 0.826. The summed E-state index contributed by atoms with van der Waals surface area (Å²) in [5, 5.41) is 3.20. The average molecular weight is 249 g/mol. The van der Waals surface area contributed by atoms with Crippen LogP contribution in [0.25, 0.3) is 0 Å². The summed E-state index contributed by atoms with van der Waals surface area (Å²) in [5.41, 5.74) is 3.42. The normalized spacial score (nSPS) is 22.7. The van der Waals surface area contributed by atoms with Crippen molar-refractivity contribution in [1.29, 1.82) is 0 Å². The van der Waals surface area contributed by atoms with Crippen LogP contribution in [0.4, 0.5) is 0 Å². The minimum Gasteiger partial charge on any atom is -0.344 e. The fraction of sp³-hybridized carbons (Fsp3) is 0.235. The number of carbonyl (C=O) groups excluding carboxylic acids is 1. The highest BCUT2D eigenvalue weighted by Crippen LogP contribution is 2.58. The number of benzene rings is 2. The van der Waals surface area contributed by atoms with Gasteiger partial charge in [0.1, 0.15) is 0 Å². The molecule has 4 rings (SSSR count). The van der Waals surface area contributed by atoms with Crippen LogP contribution in [0.15, 0.2) is 54.6 Å². The fourth-order valence-electron chi connectivity index (χ4n) is 3.36. The Morgan fingerprint density at radius 3 is 2.37 bits per heavy atom.